The van der Waals surface area contributed by atoms with Crippen LogP contribution in [0.1, 0.15) is 27.0 Å². The number of carbonyl (C=O) groups excluding carboxylic acids is 1. The summed E-state index contributed by atoms with van der Waals surface area (Å²) in [5.74, 6) is 0.335. The molecular weight excluding hydrogens is 324 g/mol. The Bertz CT molecular complexity index is 884. The number of esters is 1. The third-order valence-electron chi connectivity index (χ3n) is 3.93. The zero-order valence-corrected chi connectivity index (χ0v) is 14.6. The number of carbonyl (C=O) groups is 1. The molecule has 3 aromatic rings. The lowest BCUT2D eigenvalue weighted by Crippen LogP contribution is -2.04. The molecule has 0 heterocycles. The second kappa shape index (κ2) is 8.67. The fraction of sp³-hybridized carbons (Fsp3) is 0.0870. The monoisotopic (exact) mass is 344 g/mol. The molecule has 0 unspecified atom stereocenters. The van der Waals surface area contributed by atoms with Crippen LogP contribution in [0.25, 0.3) is 12.2 Å². The van der Waals surface area contributed by atoms with Gasteiger partial charge in [0, 0.05) is 0 Å². The van der Waals surface area contributed by atoms with Crippen LogP contribution < -0.4 is 4.74 Å². The van der Waals surface area contributed by atoms with E-state index in [0.717, 1.165) is 16.7 Å². The van der Waals surface area contributed by atoms with Gasteiger partial charge in [-0.05, 0) is 34.9 Å². The van der Waals surface area contributed by atoms with E-state index < -0.39 is 0 Å². The maximum absolute atomic E-state index is 12.0. The van der Waals surface area contributed by atoms with Gasteiger partial charge in [-0.2, -0.15) is 0 Å². The minimum absolute atomic E-state index is 0.368. The maximum Gasteiger partial charge on any atom is 0.338 e. The van der Waals surface area contributed by atoms with E-state index in [1.165, 1.54) is 7.11 Å². The van der Waals surface area contributed by atoms with Gasteiger partial charge in [-0.25, -0.2) is 4.79 Å². The molecule has 0 aliphatic rings. The lowest BCUT2D eigenvalue weighted by molar-refractivity contribution is 0.0600. The maximum atomic E-state index is 12.0. The molecule has 0 atom stereocenters. The molecule has 0 aliphatic heterocycles. The number of ether oxygens (including phenoxy) is 2. The highest BCUT2D eigenvalue weighted by atomic mass is 16.5. The van der Waals surface area contributed by atoms with Crippen molar-refractivity contribution in [1.82, 2.24) is 0 Å². The van der Waals surface area contributed by atoms with Gasteiger partial charge in [-0.15, -0.1) is 0 Å². The molecule has 3 aromatic carbocycles. The molecule has 0 N–H and O–H groups in total. The predicted octanol–water partition coefficient (Wildman–Crippen LogP) is 5.22. The molecule has 130 valence electrons. The van der Waals surface area contributed by atoms with Gasteiger partial charge in [0.2, 0.25) is 0 Å². The normalized spacial score (nSPS) is 10.7. The Morgan fingerprint density at radius 1 is 0.885 bits per heavy atom. The Kier molecular flexibility index (Phi) is 5.84. The molecule has 0 saturated heterocycles. The lowest BCUT2D eigenvalue weighted by atomic mass is 10.1. The largest absolute Gasteiger partial charge is 0.489 e. The standard InChI is InChI=1S/C23H20O3/c1-25-23(24)22-15-14-21(26-17-19-10-6-3-7-11-19)16-20(22)13-12-18-8-4-2-5-9-18/h2-16H,17H2,1H3/b13-12+. The first-order valence-electron chi connectivity index (χ1n) is 8.38. The molecule has 3 nitrogen and oxygen atoms in total. The molecule has 0 spiro atoms. The SMILES string of the molecule is COC(=O)c1ccc(OCc2ccccc2)cc1/C=C/c1ccccc1. The van der Waals surface area contributed by atoms with Crippen LogP contribution in [0.5, 0.6) is 5.75 Å². The van der Waals surface area contributed by atoms with Crippen molar-refractivity contribution in [2.75, 3.05) is 7.11 Å². The second-order valence-electron chi connectivity index (χ2n) is 5.76. The molecule has 0 fully saturated rings. The van der Waals surface area contributed by atoms with Gasteiger partial charge in [0.25, 0.3) is 0 Å². The summed E-state index contributed by atoms with van der Waals surface area (Å²) in [5, 5.41) is 0. The highest BCUT2D eigenvalue weighted by Gasteiger charge is 2.11. The quantitative estimate of drug-likeness (QED) is 0.454. The van der Waals surface area contributed by atoms with Crippen LogP contribution in [0.3, 0.4) is 0 Å². The van der Waals surface area contributed by atoms with E-state index in [9.17, 15) is 4.79 Å². The Hall–Kier alpha value is -3.33. The number of hydrogen-bond acceptors (Lipinski definition) is 3. The van der Waals surface area contributed by atoms with Crippen LogP contribution in [0.2, 0.25) is 0 Å². The van der Waals surface area contributed by atoms with E-state index in [-0.39, 0.29) is 5.97 Å². The molecular formula is C23H20O3. The van der Waals surface area contributed by atoms with Crippen LogP contribution in [0.4, 0.5) is 0 Å². The summed E-state index contributed by atoms with van der Waals surface area (Å²) in [6.07, 6.45) is 3.86. The highest BCUT2D eigenvalue weighted by Crippen LogP contribution is 2.22. The van der Waals surface area contributed by atoms with Crippen molar-refractivity contribution in [1.29, 1.82) is 0 Å². The first-order valence-corrected chi connectivity index (χ1v) is 8.38. The molecule has 0 aromatic heterocycles. The van der Waals surface area contributed by atoms with E-state index in [2.05, 4.69) is 0 Å². The average molecular weight is 344 g/mol. The van der Waals surface area contributed by atoms with Crippen LogP contribution in [-0.4, -0.2) is 13.1 Å². The van der Waals surface area contributed by atoms with E-state index in [1.807, 2.05) is 78.9 Å². The third-order valence-corrected chi connectivity index (χ3v) is 3.93. The summed E-state index contributed by atoms with van der Waals surface area (Å²) in [6, 6.07) is 25.3. The smallest absolute Gasteiger partial charge is 0.338 e. The summed E-state index contributed by atoms with van der Waals surface area (Å²) < 4.78 is 10.8. The fourth-order valence-corrected chi connectivity index (χ4v) is 2.56. The first-order chi connectivity index (χ1) is 12.8. The van der Waals surface area contributed by atoms with Gasteiger partial charge in [0.05, 0.1) is 12.7 Å². The van der Waals surface area contributed by atoms with Crippen molar-refractivity contribution >= 4 is 18.1 Å². The van der Waals surface area contributed by atoms with Crippen LogP contribution in [-0.2, 0) is 11.3 Å². The van der Waals surface area contributed by atoms with Crippen LogP contribution >= 0.6 is 0 Å². The summed E-state index contributed by atoms with van der Waals surface area (Å²) in [5.41, 5.74) is 3.41. The first kappa shape index (κ1) is 17.5. The minimum Gasteiger partial charge on any atom is -0.489 e. The molecule has 3 rings (SSSR count). The van der Waals surface area contributed by atoms with Crippen molar-refractivity contribution in [2.45, 2.75) is 6.61 Å². The van der Waals surface area contributed by atoms with Crippen molar-refractivity contribution in [3.63, 3.8) is 0 Å². The van der Waals surface area contributed by atoms with Crippen molar-refractivity contribution in [2.24, 2.45) is 0 Å². The van der Waals surface area contributed by atoms with Crippen molar-refractivity contribution < 1.29 is 14.3 Å². The number of rotatable bonds is 6. The Morgan fingerprint density at radius 2 is 1.58 bits per heavy atom. The molecule has 0 saturated carbocycles. The zero-order chi connectivity index (χ0) is 18.2. The molecule has 26 heavy (non-hydrogen) atoms. The summed E-state index contributed by atoms with van der Waals surface area (Å²) >= 11 is 0. The van der Waals surface area contributed by atoms with Gasteiger partial charge in [0.15, 0.2) is 0 Å². The summed E-state index contributed by atoms with van der Waals surface area (Å²) in [7, 11) is 1.38. The Morgan fingerprint density at radius 3 is 2.27 bits per heavy atom. The Balaban J connectivity index is 1.84. The minimum atomic E-state index is -0.368. The highest BCUT2D eigenvalue weighted by molar-refractivity contribution is 5.95. The van der Waals surface area contributed by atoms with Crippen molar-refractivity contribution in [3.05, 3.63) is 101 Å². The van der Waals surface area contributed by atoms with Gasteiger partial charge in [-0.3, -0.25) is 0 Å². The lowest BCUT2D eigenvalue weighted by Gasteiger charge is -2.10. The molecule has 0 aliphatic carbocycles. The van der Waals surface area contributed by atoms with Gasteiger partial charge < -0.3 is 9.47 Å². The number of benzene rings is 3. The fourth-order valence-electron chi connectivity index (χ4n) is 2.56. The summed E-state index contributed by atoms with van der Waals surface area (Å²) in [4.78, 5) is 12.0. The van der Waals surface area contributed by atoms with E-state index in [1.54, 1.807) is 12.1 Å². The van der Waals surface area contributed by atoms with Crippen LogP contribution in [0.15, 0.2) is 78.9 Å². The summed E-state index contributed by atoms with van der Waals surface area (Å²) in [6.45, 7) is 0.472. The zero-order valence-electron chi connectivity index (χ0n) is 14.6. The number of hydrogen-bond donors (Lipinski definition) is 0. The second-order valence-corrected chi connectivity index (χ2v) is 5.76. The van der Waals surface area contributed by atoms with Crippen LogP contribution in [0, 0.1) is 0 Å². The van der Waals surface area contributed by atoms with Gasteiger partial charge in [-0.1, -0.05) is 72.8 Å². The third kappa shape index (κ3) is 4.61. The van der Waals surface area contributed by atoms with E-state index in [0.29, 0.717) is 17.9 Å². The molecule has 0 bridgehead atoms. The van der Waals surface area contributed by atoms with E-state index >= 15 is 0 Å². The molecule has 0 radical (unpaired) electrons. The average Bonchev–Trinajstić information content (AvgIpc) is 2.71. The van der Waals surface area contributed by atoms with Gasteiger partial charge >= 0.3 is 5.97 Å². The number of methoxy groups -OCH3 is 1. The molecule has 3 heteroatoms. The Labute approximate surface area is 153 Å². The predicted molar refractivity (Wildman–Crippen MR) is 104 cm³/mol. The van der Waals surface area contributed by atoms with E-state index in [4.69, 9.17) is 9.47 Å². The molecule has 0 amide bonds. The van der Waals surface area contributed by atoms with Crippen molar-refractivity contribution in [3.8, 4) is 5.75 Å². The van der Waals surface area contributed by atoms with Gasteiger partial charge in [0.1, 0.15) is 12.4 Å². The topological polar surface area (TPSA) is 35.5 Å².